The lowest BCUT2D eigenvalue weighted by Crippen LogP contribution is -2.26. The number of aryl methyl sites for hydroxylation is 1. The number of ketones is 1. The van der Waals surface area contributed by atoms with Gasteiger partial charge in [-0.15, -0.1) is 0 Å². The van der Waals surface area contributed by atoms with Crippen molar-refractivity contribution in [2.24, 2.45) is 0 Å². The first-order chi connectivity index (χ1) is 12.5. The maximum absolute atomic E-state index is 13.8. The monoisotopic (exact) mass is 364 g/mol. The zero-order valence-electron chi connectivity index (χ0n) is 14.8. The van der Waals surface area contributed by atoms with Gasteiger partial charge in [-0.2, -0.15) is 0 Å². The molecule has 1 atom stereocenters. The van der Waals surface area contributed by atoms with Gasteiger partial charge in [0, 0.05) is 16.2 Å². The minimum absolute atomic E-state index is 0.183. The molecule has 1 unspecified atom stereocenters. The molecule has 0 heterocycles. The second-order valence-electron chi connectivity index (χ2n) is 6.20. The topological polar surface area (TPSA) is 43.4 Å². The highest BCUT2D eigenvalue weighted by Gasteiger charge is 2.33. The second-order valence-corrected chi connectivity index (χ2v) is 8.55. The molecule has 3 nitrogen and oxygen atoms in total. The van der Waals surface area contributed by atoms with Crippen LogP contribution >= 0.6 is 7.37 Å². The quantitative estimate of drug-likeness (QED) is 0.477. The average molecular weight is 364 g/mol. The molecule has 0 saturated carbocycles. The van der Waals surface area contributed by atoms with Gasteiger partial charge in [0.05, 0.1) is 0 Å². The highest BCUT2D eigenvalue weighted by molar-refractivity contribution is 7.74. The normalized spacial score (nSPS) is 12.5. The Morgan fingerprint density at radius 3 is 1.73 bits per heavy atom. The summed E-state index contributed by atoms with van der Waals surface area (Å²) < 4.78 is 19.8. The summed E-state index contributed by atoms with van der Waals surface area (Å²) >= 11 is 0. The van der Waals surface area contributed by atoms with Gasteiger partial charge in [0.15, 0.2) is 5.78 Å². The maximum Gasteiger partial charge on any atom is 0.261 e. The van der Waals surface area contributed by atoms with Gasteiger partial charge in [-0.1, -0.05) is 66.2 Å². The summed E-state index contributed by atoms with van der Waals surface area (Å²) in [6, 6.07) is 25.4. The summed E-state index contributed by atoms with van der Waals surface area (Å²) in [5, 5.41) is 1.16. The molecular formula is C22H21O3P. The Morgan fingerprint density at radius 1 is 0.808 bits per heavy atom. The molecule has 0 saturated heterocycles. The Hall–Kier alpha value is -2.48. The minimum Gasteiger partial charge on any atom is -0.311 e. The van der Waals surface area contributed by atoms with E-state index in [0.717, 1.165) is 5.56 Å². The molecule has 3 aromatic rings. The molecule has 0 bridgehead atoms. The van der Waals surface area contributed by atoms with E-state index in [1.165, 1.54) is 0 Å². The first-order valence-electron chi connectivity index (χ1n) is 8.51. The van der Waals surface area contributed by atoms with Crippen molar-refractivity contribution in [3.8, 4) is 0 Å². The standard InChI is InChI=1S/C22H21O3P/c1-17-13-15-19(16-14-17)22(23)18(2)25-26(24,20-9-5-3-6-10-20)21-11-7-4-8-12-21/h3-16,18H,1-2H3. The lowest BCUT2D eigenvalue weighted by molar-refractivity contribution is 0.0827. The summed E-state index contributed by atoms with van der Waals surface area (Å²) in [6.45, 7) is 3.62. The van der Waals surface area contributed by atoms with E-state index in [-0.39, 0.29) is 5.78 Å². The molecule has 0 aliphatic heterocycles. The molecule has 0 aromatic heterocycles. The van der Waals surface area contributed by atoms with Crippen LogP contribution in [-0.2, 0) is 9.09 Å². The molecule has 0 radical (unpaired) electrons. The number of rotatable bonds is 6. The van der Waals surface area contributed by atoms with Crippen molar-refractivity contribution in [2.75, 3.05) is 0 Å². The molecular weight excluding hydrogens is 343 g/mol. The first kappa shape index (κ1) is 18.3. The van der Waals surface area contributed by atoms with Crippen LogP contribution in [0.3, 0.4) is 0 Å². The molecule has 0 spiro atoms. The minimum atomic E-state index is -3.38. The second kappa shape index (κ2) is 7.82. The third kappa shape index (κ3) is 3.85. The van der Waals surface area contributed by atoms with Crippen molar-refractivity contribution in [1.82, 2.24) is 0 Å². The maximum atomic E-state index is 13.8. The van der Waals surface area contributed by atoms with Crippen molar-refractivity contribution >= 4 is 23.8 Å². The highest BCUT2D eigenvalue weighted by Crippen LogP contribution is 2.46. The van der Waals surface area contributed by atoms with E-state index < -0.39 is 13.5 Å². The molecule has 0 aliphatic rings. The summed E-state index contributed by atoms with van der Waals surface area (Å²) in [5.41, 5.74) is 1.63. The van der Waals surface area contributed by atoms with Crippen molar-refractivity contribution in [1.29, 1.82) is 0 Å². The number of carbonyl (C=O) groups excluding carboxylic acids is 1. The highest BCUT2D eigenvalue weighted by atomic mass is 31.2. The molecule has 0 amide bonds. The van der Waals surface area contributed by atoms with Gasteiger partial charge in [0.2, 0.25) is 0 Å². The Balaban J connectivity index is 1.95. The SMILES string of the molecule is Cc1ccc(C(=O)C(C)OP(=O)(c2ccccc2)c2ccccc2)cc1. The lowest BCUT2D eigenvalue weighted by Gasteiger charge is -2.23. The molecule has 3 aromatic carbocycles. The third-order valence-corrected chi connectivity index (χ3v) is 6.77. The number of benzene rings is 3. The van der Waals surface area contributed by atoms with Crippen LogP contribution in [0.2, 0.25) is 0 Å². The smallest absolute Gasteiger partial charge is 0.261 e. The van der Waals surface area contributed by atoms with E-state index in [2.05, 4.69) is 0 Å². The van der Waals surface area contributed by atoms with Gasteiger partial charge in [-0.25, -0.2) is 0 Å². The molecule has 132 valence electrons. The summed E-state index contributed by atoms with van der Waals surface area (Å²) in [5.74, 6) is -0.183. The summed E-state index contributed by atoms with van der Waals surface area (Å²) in [6.07, 6.45) is -0.830. The predicted molar refractivity (Wildman–Crippen MR) is 106 cm³/mol. The van der Waals surface area contributed by atoms with Crippen LogP contribution in [0.1, 0.15) is 22.8 Å². The molecule has 0 fully saturated rings. The van der Waals surface area contributed by atoms with Crippen LogP contribution in [0.15, 0.2) is 84.9 Å². The van der Waals surface area contributed by atoms with Gasteiger partial charge in [-0.3, -0.25) is 9.36 Å². The van der Waals surface area contributed by atoms with Gasteiger partial charge in [0.1, 0.15) is 6.10 Å². The molecule has 0 aliphatic carbocycles. The molecule has 26 heavy (non-hydrogen) atoms. The molecule has 4 heteroatoms. The van der Waals surface area contributed by atoms with Crippen molar-refractivity contribution in [3.05, 3.63) is 96.1 Å². The summed E-state index contributed by atoms with van der Waals surface area (Å²) in [7, 11) is -3.38. The number of Topliss-reactive ketones (excluding diaryl/α,β-unsaturated/α-hetero) is 1. The Kier molecular flexibility index (Phi) is 5.51. The fourth-order valence-electron chi connectivity index (χ4n) is 2.74. The van der Waals surface area contributed by atoms with Gasteiger partial charge < -0.3 is 4.52 Å². The zero-order valence-corrected chi connectivity index (χ0v) is 15.7. The van der Waals surface area contributed by atoms with Crippen molar-refractivity contribution in [2.45, 2.75) is 20.0 Å². The largest absolute Gasteiger partial charge is 0.311 e. The molecule has 0 N–H and O–H groups in total. The van der Waals surface area contributed by atoms with Crippen LogP contribution in [0, 0.1) is 6.92 Å². The van der Waals surface area contributed by atoms with E-state index in [0.29, 0.717) is 16.2 Å². The van der Waals surface area contributed by atoms with Gasteiger partial charge in [-0.05, 0) is 38.1 Å². The Bertz CT molecular complexity index is 875. The number of hydrogen-bond donors (Lipinski definition) is 0. The summed E-state index contributed by atoms with van der Waals surface area (Å²) in [4.78, 5) is 12.8. The van der Waals surface area contributed by atoms with Gasteiger partial charge >= 0.3 is 0 Å². The number of carbonyl (C=O) groups is 1. The van der Waals surface area contributed by atoms with E-state index in [4.69, 9.17) is 4.52 Å². The Labute approximate surface area is 154 Å². The van der Waals surface area contributed by atoms with E-state index in [1.54, 1.807) is 43.3 Å². The number of hydrogen-bond acceptors (Lipinski definition) is 3. The van der Waals surface area contributed by atoms with Crippen LogP contribution in [0.5, 0.6) is 0 Å². The van der Waals surface area contributed by atoms with Crippen LogP contribution < -0.4 is 10.6 Å². The first-order valence-corrected chi connectivity index (χ1v) is 10.1. The predicted octanol–water partition coefficient (Wildman–Crippen LogP) is 4.51. The lowest BCUT2D eigenvalue weighted by atomic mass is 10.1. The van der Waals surface area contributed by atoms with E-state index in [1.807, 2.05) is 55.5 Å². The Morgan fingerprint density at radius 2 is 1.27 bits per heavy atom. The fraction of sp³-hybridized carbons (Fsp3) is 0.136. The zero-order chi connectivity index (χ0) is 18.6. The van der Waals surface area contributed by atoms with E-state index >= 15 is 0 Å². The van der Waals surface area contributed by atoms with Crippen molar-refractivity contribution in [3.63, 3.8) is 0 Å². The van der Waals surface area contributed by atoms with Crippen LogP contribution in [0.4, 0.5) is 0 Å². The fourth-order valence-corrected chi connectivity index (χ4v) is 4.95. The average Bonchev–Trinajstić information content (AvgIpc) is 2.69. The van der Waals surface area contributed by atoms with Crippen LogP contribution in [-0.4, -0.2) is 11.9 Å². The molecule has 3 rings (SSSR count). The van der Waals surface area contributed by atoms with E-state index in [9.17, 15) is 9.36 Å². The third-order valence-electron chi connectivity index (χ3n) is 4.20. The van der Waals surface area contributed by atoms with Crippen molar-refractivity contribution < 1.29 is 13.9 Å². The van der Waals surface area contributed by atoms with Crippen LogP contribution in [0.25, 0.3) is 0 Å². The van der Waals surface area contributed by atoms with Gasteiger partial charge in [0.25, 0.3) is 7.37 Å².